The Morgan fingerprint density at radius 1 is 0.897 bits per heavy atom. The highest BCUT2D eigenvalue weighted by molar-refractivity contribution is 6.08. The van der Waals surface area contributed by atoms with Crippen LogP contribution in [0.25, 0.3) is 33.4 Å². The zero-order valence-corrected chi connectivity index (χ0v) is 19.8. The van der Waals surface area contributed by atoms with Crippen LogP contribution in [0.5, 0.6) is 5.75 Å². The second kappa shape index (κ2) is 10.6. The molecule has 13 heteroatoms. The largest absolute Gasteiger partial charge is 0.508 e. The van der Waals surface area contributed by atoms with Crippen LogP contribution >= 0.6 is 0 Å². The standard InChI is InChI=1S/C26H20N2O11/c29-12-2-5-15-18(8-12)39-19-9-13(30)3-6-16(19)20(15)17-7-11(1-4-14(17)25(35)36)23(33)27-10-28-24(34)21(31)22(32)26(37)38/h1-9,21-22,29,31-32H,10H2,(H,27,33)(H,28,34)(H,35,36)(H,37,38)/p+1. The molecule has 0 bridgehead atoms. The van der Waals surface area contributed by atoms with Crippen molar-refractivity contribution in [3.8, 4) is 28.2 Å². The maximum atomic E-state index is 12.1. The number of carbonyl (C=O) groups excluding carboxylic acids is 1. The van der Waals surface area contributed by atoms with Crippen molar-refractivity contribution in [1.82, 2.24) is 5.32 Å². The van der Waals surface area contributed by atoms with Crippen LogP contribution in [0, 0.1) is 0 Å². The third-order valence-electron chi connectivity index (χ3n) is 5.81. The molecule has 0 spiro atoms. The van der Waals surface area contributed by atoms with Gasteiger partial charge in [0.2, 0.25) is 6.67 Å². The van der Waals surface area contributed by atoms with Gasteiger partial charge in [-0.15, -0.1) is 0 Å². The molecular weight excluding hydrogens is 516 g/mol. The molecule has 0 saturated carbocycles. The summed E-state index contributed by atoms with van der Waals surface area (Å²) in [6.45, 7) is -0.494. The summed E-state index contributed by atoms with van der Waals surface area (Å²) in [7, 11) is 0. The number of hydrogen-bond donors (Lipinski definition) is 8. The molecule has 200 valence electrons. The SMILES string of the molecule is O=C(O)c1ccc(/C(O)=[NH+]/CNC(=O)C(O)C(O)C(=O)O)cc1-c1c2ccc(=O)cc-2oc2cc(O)ccc12. The van der Waals surface area contributed by atoms with E-state index in [9.17, 15) is 44.7 Å². The Hall–Kier alpha value is -5.27. The smallest absolute Gasteiger partial charge is 0.367 e. The first kappa shape index (κ1) is 26.8. The molecule has 2 unspecified atom stereocenters. The molecule has 0 radical (unpaired) electrons. The lowest BCUT2D eigenvalue weighted by Crippen LogP contribution is -2.78. The first-order chi connectivity index (χ1) is 18.5. The van der Waals surface area contributed by atoms with Gasteiger partial charge in [0.1, 0.15) is 17.1 Å². The molecule has 39 heavy (non-hydrogen) atoms. The van der Waals surface area contributed by atoms with Crippen LogP contribution in [-0.4, -0.2) is 73.3 Å². The van der Waals surface area contributed by atoms with Gasteiger partial charge in [-0.2, -0.15) is 4.99 Å². The van der Waals surface area contributed by atoms with Gasteiger partial charge in [-0.3, -0.25) is 14.9 Å². The van der Waals surface area contributed by atoms with E-state index in [0.29, 0.717) is 16.5 Å². The van der Waals surface area contributed by atoms with Gasteiger partial charge in [-0.1, -0.05) is 0 Å². The van der Waals surface area contributed by atoms with Gasteiger partial charge in [0.15, 0.2) is 17.6 Å². The van der Waals surface area contributed by atoms with Crippen molar-refractivity contribution in [3.63, 3.8) is 0 Å². The van der Waals surface area contributed by atoms with Crippen molar-refractivity contribution in [2.45, 2.75) is 12.2 Å². The van der Waals surface area contributed by atoms with Crippen LogP contribution in [0.2, 0.25) is 0 Å². The number of fused-ring (bicyclic) bond motifs is 2. The number of aromatic hydroxyl groups is 1. The van der Waals surface area contributed by atoms with Gasteiger partial charge < -0.3 is 35.1 Å². The lowest BCUT2D eigenvalue weighted by Gasteiger charge is -2.17. The predicted molar refractivity (Wildman–Crippen MR) is 134 cm³/mol. The van der Waals surface area contributed by atoms with E-state index in [1.807, 2.05) is 0 Å². The van der Waals surface area contributed by atoms with Gasteiger partial charge in [-0.05, 0) is 48.0 Å². The van der Waals surface area contributed by atoms with Crippen LogP contribution in [0.4, 0.5) is 0 Å². The highest BCUT2D eigenvalue weighted by atomic mass is 16.4. The second-order valence-corrected chi connectivity index (χ2v) is 8.35. The fraction of sp³-hybridized carbons (Fsp3) is 0.115. The van der Waals surface area contributed by atoms with Crippen LogP contribution in [0.15, 0.2) is 63.8 Å². The molecule has 0 aromatic heterocycles. The number of hydrogen-bond acceptors (Lipinski definition) is 8. The summed E-state index contributed by atoms with van der Waals surface area (Å²) in [4.78, 5) is 49.1. The lowest BCUT2D eigenvalue weighted by atomic mass is 9.89. The highest BCUT2D eigenvalue weighted by Crippen LogP contribution is 2.42. The van der Waals surface area contributed by atoms with Crippen molar-refractivity contribution in [2.24, 2.45) is 0 Å². The Labute approximate surface area is 217 Å². The van der Waals surface area contributed by atoms with Crippen molar-refractivity contribution in [1.29, 1.82) is 0 Å². The maximum Gasteiger partial charge on any atom is 0.367 e. The Bertz CT molecular complexity index is 1670. The number of aromatic carboxylic acids is 1. The zero-order chi connectivity index (χ0) is 28.4. The number of aliphatic hydroxyl groups is 3. The Kier molecular flexibility index (Phi) is 7.29. The minimum absolute atomic E-state index is 0.0803. The second-order valence-electron chi connectivity index (χ2n) is 8.35. The van der Waals surface area contributed by atoms with Gasteiger partial charge in [0.05, 0.1) is 11.1 Å². The molecule has 1 amide bonds. The molecule has 0 saturated heterocycles. The number of aliphatic carboxylic acids is 1. The van der Waals surface area contributed by atoms with Crippen LogP contribution in [-0.2, 0) is 9.59 Å². The molecule has 2 atom stereocenters. The molecule has 13 nitrogen and oxygen atoms in total. The molecule has 8 N–H and O–H groups in total. The van der Waals surface area contributed by atoms with E-state index in [1.54, 1.807) is 0 Å². The van der Waals surface area contributed by atoms with E-state index in [2.05, 4.69) is 10.3 Å². The summed E-state index contributed by atoms with van der Waals surface area (Å²) in [5.41, 5.74) is 0.599. The molecule has 2 aliphatic rings. The molecule has 1 aliphatic carbocycles. The fourth-order valence-electron chi connectivity index (χ4n) is 3.93. The first-order valence-corrected chi connectivity index (χ1v) is 11.2. The van der Waals surface area contributed by atoms with E-state index in [4.69, 9.17) is 9.52 Å². The topological polar surface area (TPSA) is 229 Å². The van der Waals surface area contributed by atoms with Gasteiger partial charge >= 0.3 is 17.8 Å². The van der Waals surface area contributed by atoms with E-state index in [0.717, 1.165) is 0 Å². The number of phenols is 1. The number of nitrogens with one attached hydrogen (secondary N) is 2. The van der Waals surface area contributed by atoms with Crippen molar-refractivity contribution in [2.75, 3.05) is 6.67 Å². The number of carbonyl (C=O) groups is 3. The number of amides is 1. The molecule has 0 fully saturated rings. The van der Waals surface area contributed by atoms with Crippen LogP contribution in [0.3, 0.4) is 0 Å². The summed E-state index contributed by atoms with van der Waals surface area (Å²) in [5, 5.41) is 60.4. The average molecular weight is 537 g/mol. The Morgan fingerprint density at radius 2 is 1.64 bits per heavy atom. The summed E-state index contributed by atoms with van der Waals surface area (Å²) < 4.78 is 5.78. The van der Waals surface area contributed by atoms with E-state index < -0.39 is 42.6 Å². The Morgan fingerprint density at radius 3 is 2.33 bits per heavy atom. The highest BCUT2D eigenvalue weighted by Gasteiger charge is 2.30. The molecule has 2 aromatic rings. The quantitative estimate of drug-likeness (QED) is 0.0602. The number of benzene rings is 3. The number of rotatable bonds is 8. The third kappa shape index (κ3) is 5.39. The van der Waals surface area contributed by atoms with Crippen molar-refractivity contribution in [3.05, 3.63) is 75.9 Å². The summed E-state index contributed by atoms with van der Waals surface area (Å²) >= 11 is 0. The fourth-order valence-corrected chi connectivity index (χ4v) is 3.93. The molecular formula is C26H21N2O11+. The van der Waals surface area contributed by atoms with Gasteiger partial charge in [0, 0.05) is 28.6 Å². The van der Waals surface area contributed by atoms with Crippen LogP contribution in [0.1, 0.15) is 15.9 Å². The monoisotopic (exact) mass is 537 g/mol. The Balaban J connectivity index is 1.79. The van der Waals surface area contributed by atoms with Crippen molar-refractivity contribution < 1.29 is 54.4 Å². The normalized spacial score (nSPS) is 13.2. The molecule has 4 rings (SSSR count). The minimum Gasteiger partial charge on any atom is -0.508 e. The van der Waals surface area contributed by atoms with Gasteiger partial charge in [-0.25, -0.2) is 9.59 Å². The number of aliphatic hydroxyl groups excluding tert-OH is 3. The predicted octanol–water partition coefficient (Wildman–Crippen LogP) is -0.766. The summed E-state index contributed by atoms with van der Waals surface area (Å²) in [5.74, 6) is -4.83. The number of phenolic OH excluding ortho intramolecular Hbond substituents is 1. The summed E-state index contributed by atoms with van der Waals surface area (Å²) in [6, 6.07) is 12.0. The number of carboxylic acid groups (broad SMARTS) is 2. The van der Waals surface area contributed by atoms with E-state index >= 15 is 0 Å². The number of carboxylic acids is 2. The molecule has 1 heterocycles. The maximum absolute atomic E-state index is 12.1. The lowest BCUT2D eigenvalue weighted by molar-refractivity contribution is -0.469. The van der Waals surface area contributed by atoms with Crippen LogP contribution < -0.4 is 15.7 Å². The minimum atomic E-state index is -2.35. The van der Waals surface area contributed by atoms with Crippen molar-refractivity contribution >= 4 is 34.7 Å². The third-order valence-corrected chi connectivity index (χ3v) is 5.81. The van der Waals surface area contributed by atoms with E-state index in [1.165, 1.54) is 54.6 Å². The first-order valence-electron chi connectivity index (χ1n) is 11.2. The van der Waals surface area contributed by atoms with Gasteiger partial charge in [0.25, 0.3) is 5.91 Å². The molecule has 1 aliphatic heterocycles. The molecule has 2 aromatic carbocycles. The van der Waals surface area contributed by atoms with E-state index in [-0.39, 0.29) is 39.2 Å². The zero-order valence-electron chi connectivity index (χ0n) is 19.8. The summed E-state index contributed by atoms with van der Waals surface area (Å²) in [6.07, 6.45) is -4.61. The average Bonchev–Trinajstić information content (AvgIpc) is 2.89.